The molecule has 1 radical (unpaired) electrons. The lowest BCUT2D eigenvalue weighted by atomic mass is 9.95. The smallest absolute Gasteiger partial charge is 0.306 e. The molecule has 7 heteroatoms. The zero-order valence-corrected chi connectivity index (χ0v) is 18.4. The van der Waals surface area contributed by atoms with Gasteiger partial charge in [0.1, 0.15) is 23.1 Å². The third-order valence-corrected chi connectivity index (χ3v) is 5.18. The summed E-state index contributed by atoms with van der Waals surface area (Å²) < 4.78 is 23.9. The number of rotatable bonds is 10. The van der Waals surface area contributed by atoms with E-state index in [4.69, 9.17) is 9.47 Å². The van der Waals surface area contributed by atoms with Crippen LogP contribution in [0.3, 0.4) is 0 Å². The molecule has 0 aliphatic heterocycles. The fourth-order valence-electron chi connectivity index (χ4n) is 3.29. The molecule has 6 nitrogen and oxygen atoms in total. The van der Waals surface area contributed by atoms with E-state index in [9.17, 15) is 19.1 Å². The first-order valence-electron chi connectivity index (χ1n) is 10.5. The van der Waals surface area contributed by atoms with Crippen LogP contribution in [0.25, 0.3) is 0 Å². The van der Waals surface area contributed by atoms with Crippen molar-refractivity contribution in [3.05, 3.63) is 89.2 Å². The van der Waals surface area contributed by atoms with Crippen molar-refractivity contribution in [1.82, 2.24) is 5.32 Å². The maximum atomic E-state index is 13.0. The molecule has 0 saturated heterocycles. The molecule has 0 aliphatic rings. The Morgan fingerprint density at radius 2 is 1.82 bits per heavy atom. The summed E-state index contributed by atoms with van der Waals surface area (Å²) in [6, 6.07) is 18.9. The highest BCUT2D eigenvalue weighted by Crippen LogP contribution is 2.24. The van der Waals surface area contributed by atoms with Gasteiger partial charge in [-0.25, -0.2) is 4.39 Å². The van der Waals surface area contributed by atoms with Crippen LogP contribution in [-0.4, -0.2) is 24.1 Å². The van der Waals surface area contributed by atoms with Crippen LogP contribution in [0.4, 0.5) is 4.39 Å². The number of carboxylic acids is 1. The Kier molecular flexibility index (Phi) is 8.02. The van der Waals surface area contributed by atoms with E-state index in [0.717, 1.165) is 11.1 Å². The summed E-state index contributed by atoms with van der Waals surface area (Å²) in [7, 11) is 1.48. The minimum atomic E-state index is -0.857. The maximum Gasteiger partial charge on any atom is 0.306 e. The molecule has 1 amide bonds. The van der Waals surface area contributed by atoms with E-state index in [0.29, 0.717) is 35.7 Å². The molecule has 0 spiro atoms. The third-order valence-electron chi connectivity index (χ3n) is 5.18. The molecule has 33 heavy (non-hydrogen) atoms. The van der Waals surface area contributed by atoms with Crippen LogP contribution < -0.4 is 14.8 Å². The van der Waals surface area contributed by atoms with Crippen molar-refractivity contribution < 1.29 is 28.6 Å². The van der Waals surface area contributed by atoms with Crippen molar-refractivity contribution in [2.45, 2.75) is 26.3 Å². The van der Waals surface area contributed by atoms with Gasteiger partial charge in [0.25, 0.3) is 5.91 Å². The second-order valence-electron chi connectivity index (χ2n) is 7.48. The minimum Gasteiger partial charge on any atom is -0.496 e. The summed E-state index contributed by atoms with van der Waals surface area (Å²) >= 11 is 0. The number of carboxylic acid groups (broad SMARTS) is 1. The van der Waals surface area contributed by atoms with Crippen molar-refractivity contribution in [3.63, 3.8) is 0 Å². The summed E-state index contributed by atoms with van der Waals surface area (Å²) in [6.45, 7) is 2.10. The van der Waals surface area contributed by atoms with E-state index in [1.165, 1.54) is 25.3 Å². The van der Waals surface area contributed by atoms with Gasteiger partial charge in [0.2, 0.25) is 0 Å². The van der Waals surface area contributed by atoms with Crippen LogP contribution >= 0.6 is 0 Å². The van der Waals surface area contributed by atoms with E-state index in [1.54, 1.807) is 30.3 Å². The van der Waals surface area contributed by atoms with Gasteiger partial charge >= 0.3 is 5.97 Å². The topological polar surface area (TPSA) is 84.9 Å². The van der Waals surface area contributed by atoms with Gasteiger partial charge in [-0.15, -0.1) is 0 Å². The second kappa shape index (κ2) is 11.1. The molecule has 3 rings (SSSR count). The van der Waals surface area contributed by atoms with Crippen LogP contribution in [0.1, 0.15) is 34.8 Å². The molecule has 2 N–H and O–H groups in total. The average Bonchev–Trinajstić information content (AvgIpc) is 2.83. The SMILES string of the molecule is CC[C@@H](Cc1ccc(OC)c(C(=O)NCc2ccc(Oc3[c]cc(F)cc3)cc2)c1)C(=O)O. The van der Waals surface area contributed by atoms with Gasteiger partial charge in [-0.3, -0.25) is 9.59 Å². The molecule has 1 atom stereocenters. The lowest BCUT2D eigenvalue weighted by Gasteiger charge is -2.14. The number of carbonyl (C=O) groups is 2. The number of nitrogens with one attached hydrogen (secondary N) is 1. The number of carbonyl (C=O) groups excluding carboxylic acids is 1. The number of methoxy groups -OCH3 is 1. The molecule has 0 saturated carbocycles. The zero-order chi connectivity index (χ0) is 23.8. The Hall–Kier alpha value is -3.87. The van der Waals surface area contributed by atoms with Gasteiger partial charge in [0, 0.05) is 12.6 Å². The number of halogens is 1. The zero-order valence-electron chi connectivity index (χ0n) is 18.4. The van der Waals surface area contributed by atoms with Crippen LogP contribution in [-0.2, 0) is 17.8 Å². The Morgan fingerprint density at radius 3 is 2.42 bits per heavy atom. The molecular formula is C26H25FNO5. The Balaban J connectivity index is 1.64. The largest absolute Gasteiger partial charge is 0.496 e. The van der Waals surface area contributed by atoms with Crippen molar-refractivity contribution in [2.24, 2.45) is 5.92 Å². The Labute approximate surface area is 192 Å². The fourth-order valence-corrected chi connectivity index (χ4v) is 3.29. The highest BCUT2D eigenvalue weighted by molar-refractivity contribution is 5.97. The number of hydrogen-bond acceptors (Lipinski definition) is 4. The van der Waals surface area contributed by atoms with E-state index in [2.05, 4.69) is 11.4 Å². The van der Waals surface area contributed by atoms with E-state index in [-0.39, 0.29) is 18.3 Å². The second-order valence-corrected chi connectivity index (χ2v) is 7.48. The van der Waals surface area contributed by atoms with Crippen LogP contribution in [0, 0.1) is 17.8 Å². The van der Waals surface area contributed by atoms with E-state index >= 15 is 0 Å². The summed E-state index contributed by atoms with van der Waals surface area (Å²) in [6.07, 6.45) is 0.838. The monoisotopic (exact) mass is 450 g/mol. The molecule has 0 aliphatic carbocycles. The molecule has 3 aromatic carbocycles. The highest BCUT2D eigenvalue weighted by Gasteiger charge is 2.18. The Morgan fingerprint density at radius 1 is 1.09 bits per heavy atom. The predicted octanol–water partition coefficient (Wildman–Crippen LogP) is 5.01. The van der Waals surface area contributed by atoms with E-state index < -0.39 is 11.9 Å². The summed E-state index contributed by atoms with van der Waals surface area (Å²) in [5.74, 6) is -0.699. The first-order chi connectivity index (χ1) is 15.9. The fraction of sp³-hybridized carbons (Fsp3) is 0.231. The normalized spacial score (nSPS) is 11.5. The van der Waals surface area contributed by atoms with Crippen LogP contribution in [0.2, 0.25) is 0 Å². The molecule has 171 valence electrons. The summed E-state index contributed by atoms with van der Waals surface area (Å²) in [5.41, 5.74) is 1.96. The maximum absolute atomic E-state index is 13.0. The highest BCUT2D eigenvalue weighted by atomic mass is 19.1. The lowest BCUT2D eigenvalue weighted by molar-refractivity contribution is -0.141. The number of amides is 1. The van der Waals surface area contributed by atoms with Gasteiger partial charge < -0.3 is 19.9 Å². The quantitative estimate of drug-likeness (QED) is 0.454. The van der Waals surface area contributed by atoms with Gasteiger partial charge in [-0.2, -0.15) is 0 Å². The average molecular weight is 450 g/mol. The molecular weight excluding hydrogens is 425 g/mol. The third kappa shape index (κ3) is 6.55. The Bertz CT molecular complexity index is 1100. The van der Waals surface area contributed by atoms with Crippen LogP contribution in [0.5, 0.6) is 17.2 Å². The summed E-state index contributed by atoms with van der Waals surface area (Å²) in [5, 5.41) is 12.2. The van der Waals surface area contributed by atoms with Crippen molar-refractivity contribution in [2.75, 3.05) is 7.11 Å². The number of benzene rings is 3. The molecule has 3 aromatic rings. The molecule has 0 aromatic heterocycles. The van der Waals surface area contributed by atoms with Gasteiger partial charge in [-0.05, 0) is 66.4 Å². The van der Waals surface area contributed by atoms with Gasteiger partial charge in [0.05, 0.1) is 18.6 Å². The molecule has 0 heterocycles. The van der Waals surface area contributed by atoms with Crippen molar-refractivity contribution >= 4 is 11.9 Å². The first kappa shape index (κ1) is 23.8. The van der Waals surface area contributed by atoms with Crippen LogP contribution in [0.15, 0.2) is 60.7 Å². The number of hydrogen-bond donors (Lipinski definition) is 2. The first-order valence-corrected chi connectivity index (χ1v) is 10.5. The molecule has 0 unspecified atom stereocenters. The number of ether oxygens (including phenoxy) is 2. The summed E-state index contributed by atoms with van der Waals surface area (Å²) in [4.78, 5) is 24.2. The number of aliphatic carboxylic acids is 1. The standard InChI is InChI=1S/C26H25FNO5/c1-3-19(26(30)31)14-18-6-13-24(32-2)23(15-18)25(29)28-16-17-4-9-21(10-5-17)33-22-11-7-20(27)8-12-22/h4-11,13,15,19H,3,14,16H2,1-2H3,(H,28,29)(H,30,31)/t19-/m0/s1. The molecule has 0 fully saturated rings. The van der Waals surface area contributed by atoms with Gasteiger partial charge in [0.15, 0.2) is 0 Å². The lowest BCUT2D eigenvalue weighted by Crippen LogP contribution is -2.24. The predicted molar refractivity (Wildman–Crippen MR) is 121 cm³/mol. The van der Waals surface area contributed by atoms with Gasteiger partial charge in [-0.1, -0.05) is 25.1 Å². The minimum absolute atomic E-state index is 0.280. The van der Waals surface area contributed by atoms with Crippen molar-refractivity contribution in [1.29, 1.82) is 0 Å². The molecule has 0 bridgehead atoms. The van der Waals surface area contributed by atoms with Crippen molar-refractivity contribution in [3.8, 4) is 17.2 Å². The van der Waals surface area contributed by atoms with E-state index in [1.807, 2.05) is 19.1 Å².